The van der Waals surface area contributed by atoms with Gasteiger partial charge in [0.05, 0.1) is 5.25 Å². The van der Waals surface area contributed by atoms with Crippen LogP contribution in [0.3, 0.4) is 0 Å². The fourth-order valence-corrected chi connectivity index (χ4v) is 3.86. The highest BCUT2D eigenvalue weighted by atomic mass is 32.2. The molecule has 2 aliphatic rings. The van der Waals surface area contributed by atoms with Gasteiger partial charge in [-0.1, -0.05) is 6.42 Å². The maximum absolute atomic E-state index is 9.21. The zero-order valence-electron chi connectivity index (χ0n) is 10.0. The van der Waals surface area contributed by atoms with Crippen LogP contribution in [0, 0.1) is 5.92 Å². The molecule has 1 saturated heterocycles. The van der Waals surface area contributed by atoms with Crippen LogP contribution in [0.1, 0.15) is 42.6 Å². The molecule has 0 aliphatic carbocycles. The van der Waals surface area contributed by atoms with E-state index in [1.54, 1.807) is 0 Å². The lowest BCUT2D eigenvalue weighted by Gasteiger charge is -2.20. The Morgan fingerprint density at radius 2 is 2.29 bits per heavy atom. The lowest BCUT2D eigenvalue weighted by molar-refractivity contribution is 0.185. The number of nitrogens with zero attached hydrogens (tertiary/aromatic N) is 3. The van der Waals surface area contributed by atoms with Crippen molar-refractivity contribution in [2.24, 2.45) is 5.92 Å². The molecule has 1 aromatic heterocycles. The average Bonchev–Trinajstić information content (AvgIpc) is 2.82. The highest BCUT2D eigenvalue weighted by Gasteiger charge is 2.25. The number of rotatable bonds is 2. The van der Waals surface area contributed by atoms with Gasteiger partial charge in [0, 0.05) is 25.5 Å². The number of aryl methyl sites for hydroxylation is 1. The van der Waals surface area contributed by atoms with E-state index < -0.39 is 0 Å². The molecule has 0 bridgehead atoms. The highest BCUT2D eigenvalue weighted by molar-refractivity contribution is 7.99. The molecule has 2 unspecified atom stereocenters. The van der Waals surface area contributed by atoms with Gasteiger partial charge in [-0.15, -0.1) is 0 Å². The number of aliphatic hydroxyl groups excluding tert-OH is 1. The van der Waals surface area contributed by atoms with E-state index >= 15 is 0 Å². The zero-order chi connectivity index (χ0) is 11.7. The molecule has 5 heteroatoms. The van der Waals surface area contributed by atoms with Crippen molar-refractivity contribution in [3.05, 3.63) is 11.6 Å². The summed E-state index contributed by atoms with van der Waals surface area (Å²) in [5.74, 6) is 3.77. The third-order valence-corrected chi connectivity index (χ3v) is 5.07. The van der Waals surface area contributed by atoms with Gasteiger partial charge in [0.1, 0.15) is 5.82 Å². The van der Waals surface area contributed by atoms with Crippen LogP contribution < -0.4 is 0 Å². The van der Waals surface area contributed by atoms with E-state index in [1.807, 2.05) is 16.4 Å². The molecule has 4 nitrogen and oxygen atoms in total. The first-order valence-electron chi connectivity index (χ1n) is 6.53. The Morgan fingerprint density at radius 3 is 3.06 bits per heavy atom. The smallest absolute Gasteiger partial charge is 0.163 e. The zero-order valence-corrected chi connectivity index (χ0v) is 10.8. The second-order valence-corrected chi connectivity index (χ2v) is 6.32. The Labute approximate surface area is 106 Å². The molecular weight excluding hydrogens is 234 g/mol. The summed E-state index contributed by atoms with van der Waals surface area (Å²) >= 11 is 2.00. The minimum absolute atomic E-state index is 0.271. The van der Waals surface area contributed by atoms with Gasteiger partial charge >= 0.3 is 0 Å². The normalized spacial score (nSPS) is 29.0. The van der Waals surface area contributed by atoms with Crippen molar-refractivity contribution in [2.45, 2.75) is 43.9 Å². The van der Waals surface area contributed by atoms with Gasteiger partial charge in [0.2, 0.25) is 0 Å². The number of hydrogen-bond donors (Lipinski definition) is 1. The molecular formula is C12H19N3OS. The number of aromatic nitrogens is 3. The summed E-state index contributed by atoms with van der Waals surface area (Å²) in [4.78, 5) is 4.69. The summed E-state index contributed by atoms with van der Waals surface area (Å²) in [7, 11) is 0. The Kier molecular flexibility index (Phi) is 3.38. The van der Waals surface area contributed by atoms with E-state index in [-0.39, 0.29) is 6.61 Å². The molecule has 0 saturated carbocycles. The van der Waals surface area contributed by atoms with Gasteiger partial charge in [-0.2, -0.15) is 16.9 Å². The van der Waals surface area contributed by atoms with Crippen molar-refractivity contribution < 1.29 is 5.11 Å². The summed E-state index contributed by atoms with van der Waals surface area (Å²) < 4.78 is 2.02. The first-order chi connectivity index (χ1) is 8.36. The van der Waals surface area contributed by atoms with Crippen molar-refractivity contribution in [1.82, 2.24) is 14.8 Å². The molecule has 0 spiro atoms. The van der Waals surface area contributed by atoms with E-state index in [0.717, 1.165) is 31.0 Å². The maximum atomic E-state index is 9.21. The third-order valence-electron chi connectivity index (χ3n) is 3.70. The van der Waals surface area contributed by atoms with Crippen molar-refractivity contribution >= 4 is 11.8 Å². The van der Waals surface area contributed by atoms with Gasteiger partial charge in [-0.25, -0.2) is 9.67 Å². The van der Waals surface area contributed by atoms with Crippen LogP contribution in [0.4, 0.5) is 0 Å². The number of aliphatic hydroxyl groups is 1. The molecule has 0 radical (unpaired) electrons. The third kappa shape index (κ3) is 2.36. The number of hydrogen-bond acceptors (Lipinski definition) is 4. The van der Waals surface area contributed by atoms with E-state index in [4.69, 9.17) is 4.98 Å². The van der Waals surface area contributed by atoms with Gasteiger partial charge in [-0.05, 0) is 25.0 Å². The van der Waals surface area contributed by atoms with Crippen LogP contribution in [-0.2, 0) is 13.0 Å². The van der Waals surface area contributed by atoms with Crippen LogP contribution in [-0.4, -0.2) is 32.2 Å². The van der Waals surface area contributed by atoms with Crippen LogP contribution in [0.2, 0.25) is 0 Å². The van der Waals surface area contributed by atoms with Crippen LogP contribution in [0.5, 0.6) is 0 Å². The molecule has 1 fully saturated rings. The van der Waals surface area contributed by atoms with Crippen molar-refractivity contribution in [1.29, 1.82) is 0 Å². The second-order valence-electron chi connectivity index (χ2n) is 5.01. The Balaban J connectivity index is 1.77. The summed E-state index contributed by atoms with van der Waals surface area (Å²) in [6.07, 6.45) is 5.88. The van der Waals surface area contributed by atoms with E-state index in [0.29, 0.717) is 11.2 Å². The van der Waals surface area contributed by atoms with Gasteiger partial charge in [0.15, 0.2) is 5.82 Å². The lowest BCUT2D eigenvalue weighted by Crippen LogP contribution is -2.23. The average molecular weight is 253 g/mol. The molecule has 3 heterocycles. The van der Waals surface area contributed by atoms with Gasteiger partial charge in [-0.3, -0.25) is 0 Å². The van der Waals surface area contributed by atoms with Crippen LogP contribution in [0.15, 0.2) is 0 Å². The Morgan fingerprint density at radius 1 is 1.35 bits per heavy atom. The number of fused-ring (bicyclic) bond motifs is 1. The molecule has 94 valence electrons. The molecule has 17 heavy (non-hydrogen) atoms. The SMILES string of the molecule is OCC1CCc2nc(C3CCCCS3)nn2C1. The minimum Gasteiger partial charge on any atom is -0.396 e. The number of thioether (sulfide) groups is 1. The fraction of sp³-hybridized carbons (Fsp3) is 0.833. The van der Waals surface area contributed by atoms with E-state index in [9.17, 15) is 5.11 Å². The predicted octanol–water partition coefficient (Wildman–Crippen LogP) is 1.79. The molecule has 2 atom stereocenters. The lowest BCUT2D eigenvalue weighted by atomic mass is 10.0. The minimum atomic E-state index is 0.271. The quantitative estimate of drug-likeness (QED) is 0.873. The summed E-state index contributed by atoms with van der Waals surface area (Å²) in [6, 6.07) is 0. The molecule has 1 N–H and O–H groups in total. The largest absolute Gasteiger partial charge is 0.396 e. The van der Waals surface area contributed by atoms with Crippen molar-refractivity contribution in [3.8, 4) is 0 Å². The highest BCUT2D eigenvalue weighted by Crippen LogP contribution is 2.37. The molecule has 2 aliphatic heterocycles. The Bertz CT molecular complexity index is 387. The van der Waals surface area contributed by atoms with E-state index in [1.165, 1.54) is 25.0 Å². The van der Waals surface area contributed by atoms with E-state index in [2.05, 4.69) is 5.10 Å². The van der Waals surface area contributed by atoms with Gasteiger partial charge < -0.3 is 5.11 Å². The second kappa shape index (κ2) is 4.98. The summed E-state index contributed by atoms with van der Waals surface area (Å²) in [5.41, 5.74) is 0. The molecule has 0 amide bonds. The standard InChI is InChI=1S/C12H19N3OS/c16-8-9-4-5-11-13-12(14-15(11)7-9)10-3-1-2-6-17-10/h9-10,16H,1-8H2. The van der Waals surface area contributed by atoms with Crippen LogP contribution >= 0.6 is 11.8 Å². The Hall–Kier alpha value is -0.550. The first kappa shape index (κ1) is 11.5. The van der Waals surface area contributed by atoms with Gasteiger partial charge in [0.25, 0.3) is 0 Å². The molecule has 3 rings (SSSR count). The molecule has 1 aromatic rings. The molecule has 0 aromatic carbocycles. The predicted molar refractivity (Wildman–Crippen MR) is 68.0 cm³/mol. The summed E-state index contributed by atoms with van der Waals surface area (Å²) in [5, 5.41) is 14.4. The first-order valence-corrected chi connectivity index (χ1v) is 7.58. The van der Waals surface area contributed by atoms with Crippen LogP contribution in [0.25, 0.3) is 0 Å². The maximum Gasteiger partial charge on any atom is 0.163 e. The summed E-state index contributed by atoms with van der Waals surface area (Å²) in [6.45, 7) is 1.11. The van der Waals surface area contributed by atoms with Crippen molar-refractivity contribution in [3.63, 3.8) is 0 Å². The monoisotopic (exact) mass is 253 g/mol. The topological polar surface area (TPSA) is 50.9 Å². The fourth-order valence-electron chi connectivity index (χ4n) is 2.62. The van der Waals surface area contributed by atoms with Crippen molar-refractivity contribution in [2.75, 3.05) is 12.4 Å².